The maximum absolute atomic E-state index is 11.8. The number of benzene rings is 1. The third kappa shape index (κ3) is 3.88. The molecule has 1 aromatic carbocycles. The van der Waals surface area contributed by atoms with Crippen molar-refractivity contribution < 1.29 is 14.6 Å². The molecule has 0 spiro atoms. The van der Waals surface area contributed by atoms with Crippen LogP contribution in [0.15, 0.2) is 29.1 Å². The van der Waals surface area contributed by atoms with E-state index in [1.165, 1.54) is 0 Å². The zero-order valence-corrected chi connectivity index (χ0v) is 11.5. The van der Waals surface area contributed by atoms with Crippen LogP contribution >= 0.6 is 0 Å². The molecule has 1 heterocycles. The molecule has 2 N–H and O–H groups in total. The van der Waals surface area contributed by atoms with Gasteiger partial charge in [-0.25, -0.2) is 0 Å². The Bertz CT molecular complexity index is 679. The second-order valence-corrected chi connectivity index (χ2v) is 4.30. The molecule has 7 heteroatoms. The van der Waals surface area contributed by atoms with Crippen LogP contribution in [-0.2, 0) is 11.2 Å². The summed E-state index contributed by atoms with van der Waals surface area (Å²) in [5.41, 5.74) is 0.398. The number of aromatic amines is 1. The highest BCUT2D eigenvalue weighted by molar-refractivity contribution is 5.66. The Kier molecular flexibility index (Phi) is 4.65. The molecule has 2 rings (SSSR count). The van der Waals surface area contributed by atoms with Crippen molar-refractivity contribution >= 4 is 5.97 Å². The molecule has 0 atom stereocenters. The summed E-state index contributed by atoms with van der Waals surface area (Å²) in [4.78, 5) is 24.9. The molecule has 0 bridgehead atoms. The van der Waals surface area contributed by atoms with E-state index in [1.54, 1.807) is 24.3 Å². The molecule has 0 unspecified atom stereocenters. The lowest BCUT2D eigenvalue weighted by atomic mass is 10.2. The summed E-state index contributed by atoms with van der Waals surface area (Å²) in [6, 6.07) is 7.08. The fraction of sp³-hybridized carbons (Fsp3) is 0.286. The summed E-state index contributed by atoms with van der Waals surface area (Å²) in [5.74, 6) is 0.0866. The van der Waals surface area contributed by atoms with Gasteiger partial charge in [-0.1, -0.05) is 0 Å². The first kappa shape index (κ1) is 14.7. The predicted octanol–water partition coefficient (Wildman–Crippen LogP) is 1.25. The monoisotopic (exact) mass is 289 g/mol. The highest BCUT2D eigenvalue weighted by Gasteiger charge is 2.08. The van der Waals surface area contributed by atoms with Crippen LogP contribution in [0.3, 0.4) is 0 Å². The van der Waals surface area contributed by atoms with Gasteiger partial charge in [-0.3, -0.25) is 9.59 Å². The number of nitrogens with zero attached hydrogens (tertiary/aromatic N) is 2. The number of carboxylic acid groups (broad SMARTS) is 1. The lowest BCUT2D eigenvalue weighted by Gasteiger charge is -2.04. The zero-order valence-electron chi connectivity index (χ0n) is 11.5. The number of aliphatic carboxylic acids is 1. The highest BCUT2D eigenvalue weighted by atomic mass is 16.5. The third-order valence-electron chi connectivity index (χ3n) is 2.78. The maximum atomic E-state index is 11.8. The number of ether oxygens (including phenoxy) is 1. The molecular formula is C14H15N3O4. The maximum Gasteiger partial charge on any atom is 0.303 e. The lowest BCUT2D eigenvalue weighted by molar-refractivity contribution is -0.136. The second kappa shape index (κ2) is 6.65. The molecule has 1 aromatic heterocycles. The van der Waals surface area contributed by atoms with Crippen LogP contribution in [0.5, 0.6) is 5.75 Å². The van der Waals surface area contributed by atoms with Gasteiger partial charge in [-0.2, -0.15) is 0 Å². The molecule has 0 saturated carbocycles. The zero-order chi connectivity index (χ0) is 15.2. The molecule has 0 aliphatic heterocycles. The van der Waals surface area contributed by atoms with E-state index in [2.05, 4.69) is 15.2 Å². The Morgan fingerprint density at radius 2 is 2.00 bits per heavy atom. The van der Waals surface area contributed by atoms with Crippen LogP contribution in [0.4, 0.5) is 0 Å². The van der Waals surface area contributed by atoms with Crippen LogP contribution < -0.4 is 10.3 Å². The topological polar surface area (TPSA) is 105 Å². The number of aryl methyl sites for hydroxylation is 1. The minimum Gasteiger partial charge on any atom is -0.494 e. The van der Waals surface area contributed by atoms with E-state index in [-0.39, 0.29) is 18.5 Å². The molecule has 110 valence electrons. The molecule has 0 aliphatic carbocycles. The van der Waals surface area contributed by atoms with Gasteiger partial charge in [0.15, 0.2) is 5.82 Å². The van der Waals surface area contributed by atoms with Gasteiger partial charge < -0.3 is 14.8 Å². The van der Waals surface area contributed by atoms with Gasteiger partial charge in [0.1, 0.15) is 11.4 Å². The highest BCUT2D eigenvalue weighted by Crippen LogP contribution is 2.18. The van der Waals surface area contributed by atoms with E-state index in [4.69, 9.17) is 9.84 Å². The van der Waals surface area contributed by atoms with E-state index < -0.39 is 11.5 Å². The molecule has 0 radical (unpaired) electrons. The van der Waals surface area contributed by atoms with Crippen molar-refractivity contribution in [3.05, 3.63) is 40.3 Å². The largest absolute Gasteiger partial charge is 0.494 e. The number of carbonyl (C=O) groups is 1. The smallest absolute Gasteiger partial charge is 0.303 e. The Morgan fingerprint density at radius 3 is 2.57 bits per heavy atom. The van der Waals surface area contributed by atoms with Crippen molar-refractivity contribution in [2.75, 3.05) is 6.61 Å². The van der Waals surface area contributed by atoms with Crippen molar-refractivity contribution in [1.29, 1.82) is 0 Å². The molecule has 0 aliphatic rings. The fourth-order valence-electron chi connectivity index (χ4n) is 1.75. The molecule has 2 aromatic rings. The molecule has 0 amide bonds. The van der Waals surface area contributed by atoms with Gasteiger partial charge in [-0.15, -0.1) is 10.2 Å². The van der Waals surface area contributed by atoms with Crippen molar-refractivity contribution in [2.45, 2.75) is 19.8 Å². The molecule has 21 heavy (non-hydrogen) atoms. The summed E-state index contributed by atoms with van der Waals surface area (Å²) in [6.07, 6.45) is -0.0958. The van der Waals surface area contributed by atoms with Crippen molar-refractivity contribution in [3.63, 3.8) is 0 Å². The summed E-state index contributed by atoms with van der Waals surface area (Å²) < 4.78 is 5.33. The number of H-pyrrole nitrogens is 1. The molecule has 7 nitrogen and oxygen atoms in total. The van der Waals surface area contributed by atoms with E-state index in [0.29, 0.717) is 18.0 Å². The van der Waals surface area contributed by atoms with E-state index >= 15 is 0 Å². The molecule has 0 saturated heterocycles. The fourth-order valence-corrected chi connectivity index (χ4v) is 1.75. The third-order valence-corrected chi connectivity index (χ3v) is 2.78. The van der Waals surface area contributed by atoms with Gasteiger partial charge in [0, 0.05) is 12.0 Å². The van der Waals surface area contributed by atoms with E-state index in [9.17, 15) is 9.59 Å². The summed E-state index contributed by atoms with van der Waals surface area (Å²) in [5, 5.41) is 16.3. The molecular weight excluding hydrogens is 274 g/mol. The predicted molar refractivity (Wildman–Crippen MR) is 75.2 cm³/mol. The van der Waals surface area contributed by atoms with Crippen molar-refractivity contribution in [3.8, 4) is 17.1 Å². The number of nitrogens with one attached hydrogen (secondary N) is 1. The first-order chi connectivity index (χ1) is 10.1. The van der Waals surface area contributed by atoms with Crippen LogP contribution in [0.1, 0.15) is 19.0 Å². The Labute approximate surface area is 120 Å². The minimum absolute atomic E-state index is 0.0568. The summed E-state index contributed by atoms with van der Waals surface area (Å²) in [7, 11) is 0. The number of carboxylic acids is 1. The van der Waals surface area contributed by atoms with Crippen LogP contribution in [-0.4, -0.2) is 32.9 Å². The van der Waals surface area contributed by atoms with Gasteiger partial charge in [-0.05, 0) is 31.2 Å². The quantitative estimate of drug-likeness (QED) is 0.829. The Morgan fingerprint density at radius 1 is 1.29 bits per heavy atom. The number of aromatic nitrogens is 3. The van der Waals surface area contributed by atoms with Crippen LogP contribution in [0.25, 0.3) is 11.4 Å². The van der Waals surface area contributed by atoms with Crippen LogP contribution in [0, 0.1) is 0 Å². The van der Waals surface area contributed by atoms with Gasteiger partial charge in [0.2, 0.25) is 0 Å². The van der Waals surface area contributed by atoms with Crippen molar-refractivity contribution in [2.24, 2.45) is 0 Å². The first-order valence-electron chi connectivity index (χ1n) is 6.51. The standard InChI is InChI=1S/C14H15N3O4/c1-2-21-10-5-3-9(4-6-10)13-15-14(20)11(16-17-13)7-8-12(18)19/h3-6H,2,7-8H2,1H3,(H,18,19)(H,15,17,20). The van der Waals surface area contributed by atoms with Gasteiger partial charge in [0.25, 0.3) is 5.56 Å². The Hall–Kier alpha value is -2.70. The van der Waals surface area contributed by atoms with E-state index in [1.807, 2.05) is 6.92 Å². The second-order valence-electron chi connectivity index (χ2n) is 4.30. The number of hydrogen-bond donors (Lipinski definition) is 2. The first-order valence-corrected chi connectivity index (χ1v) is 6.51. The minimum atomic E-state index is -0.980. The Balaban J connectivity index is 2.19. The molecule has 0 fully saturated rings. The normalized spacial score (nSPS) is 10.3. The average molecular weight is 289 g/mol. The number of hydrogen-bond acceptors (Lipinski definition) is 5. The number of rotatable bonds is 6. The summed E-state index contributed by atoms with van der Waals surface area (Å²) in [6.45, 7) is 2.47. The average Bonchev–Trinajstić information content (AvgIpc) is 2.47. The van der Waals surface area contributed by atoms with Crippen molar-refractivity contribution in [1.82, 2.24) is 15.2 Å². The summed E-state index contributed by atoms with van der Waals surface area (Å²) >= 11 is 0. The lowest BCUT2D eigenvalue weighted by Crippen LogP contribution is -2.18. The van der Waals surface area contributed by atoms with Gasteiger partial charge in [0.05, 0.1) is 13.0 Å². The van der Waals surface area contributed by atoms with Gasteiger partial charge >= 0.3 is 5.97 Å². The van der Waals surface area contributed by atoms with E-state index in [0.717, 1.165) is 5.75 Å². The van der Waals surface area contributed by atoms with Crippen LogP contribution in [0.2, 0.25) is 0 Å². The SMILES string of the molecule is CCOc1ccc(-c2nnc(CCC(=O)O)c(=O)[nH]2)cc1.